The van der Waals surface area contributed by atoms with E-state index in [9.17, 15) is 0 Å². The number of piperazine rings is 1. The maximum atomic E-state index is 4.63. The van der Waals surface area contributed by atoms with Gasteiger partial charge in [0.05, 0.1) is 0 Å². The summed E-state index contributed by atoms with van der Waals surface area (Å²) >= 11 is 0. The molecule has 130 valence electrons. The fourth-order valence-electron chi connectivity index (χ4n) is 3.17. The fourth-order valence-corrected chi connectivity index (χ4v) is 3.17. The summed E-state index contributed by atoms with van der Waals surface area (Å²) in [7, 11) is 3.99. The van der Waals surface area contributed by atoms with Gasteiger partial charge >= 0.3 is 0 Å². The zero-order valence-electron chi connectivity index (χ0n) is 14.7. The summed E-state index contributed by atoms with van der Waals surface area (Å²) in [6.45, 7) is 4.96. The average molecular weight is 328 g/mol. The van der Waals surface area contributed by atoms with Crippen LogP contribution in [0, 0.1) is 0 Å². The monoisotopic (exact) mass is 328 g/mol. The first-order chi connectivity index (χ1) is 11.8. The summed E-state index contributed by atoms with van der Waals surface area (Å²) < 4.78 is 0. The lowest BCUT2D eigenvalue weighted by Gasteiger charge is -2.34. The maximum absolute atomic E-state index is 4.63. The lowest BCUT2D eigenvalue weighted by molar-refractivity contribution is 0.312. The van der Waals surface area contributed by atoms with Crippen LogP contribution in [0.1, 0.15) is 18.4 Å². The molecule has 6 heteroatoms. The van der Waals surface area contributed by atoms with E-state index in [0.717, 1.165) is 57.3 Å². The largest absolute Gasteiger partial charge is 0.354 e. The molecule has 1 aliphatic heterocycles. The molecule has 0 spiro atoms. The second-order valence-corrected chi connectivity index (χ2v) is 6.49. The number of hydrogen-bond acceptors (Lipinski definition) is 4. The Bertz CT molecular complexity index is 581. The normalized spacial score (nSPS) is 19.8. The van der Waals surface area contributed by atoms with Crippen LogP contribution < -0.4 is 15.5 Å². The Balaban J connectivity index is 1.60. The van der Waals surface area contributed by atoms with Crippen molar-refractivity contribution in [3.63, 3.8) is 0 Å². The van der Waals surface area contributed by atoms with Gasteiger partial charge in [0.1, 0.15) is 5.82 Å². The van der Waals surface area contributed by atoms with Crippen molar-refractivity contribution in [2.45, 2.75) is 25.4 Å². The second-order valence-electron chi connectivity index (χ2n) is 6.49. The quantitative estimate of drug-likeness (QED) is 0.494. The first-order valence-electron chi connectivity index (χ1n) is 8.76. The molecule has 3 rings (SSSR count). The van der Waals surface area contributed by atoms with Crippen LogP contribution in [0.2, 0.25) is 0 Å². The molecule has 0 atom stereocenters. The minimum absolute atomic E-state index is 0.460. The topological polar surface area (TPSA) is 55.8 Å². The molecule has 1 aromatic rings. The number of aromatic nitrogens is 1. The molecule has 0 aromatic carbocycles. The Morgan fingerprint density at radius 1 is 1.25 bits per heavy atom. The Hall–Kier alpha value is -2.08. The van der Waals surface area contributed by atoms with Crippen LogP contribution in [0.25, 0.3) is 0 Å². The summed E-state index contributed by atoms with van der Waals surface area (Å²) in [6, 6.07) is 4.62. The smallest absolute Gasteiger partial charge is 0.191 e. The molecule has 0 bridgehead atoms. The number of nitrogens with zero attached hydrogens (tertiary/aromatic N) is 4. The molecule has 0 radical (unpaired) electrons. The van der Waals surface area contributed by atoms with Gasteiger partial charge in [0.2, 0.25) is 0 Å². The van der Waals surface area contributed by atoms with E-state index < -0.39 is 0 Å². The Morgan fingerprint density at radius 3 is 2.71 bits per heavy atom. The number of guanidine groups is 1. The molecule has 2 aliphatic rings. The SMILES string of the molecule is CN=C(NCc1cccnc1N1CCN(C)CC1)NC1CC=CC1. The van der Waals surface area contributed by atoms with Crippen LogP contribution in [0.5, 0.6) is 0 Å². The lowest BCUT2D eigenvalue weighted by Crippen LogP contribution is -2.45. The van der Waals surface area contributed by atoms with E-state index in [2.05, 4.69) is 55.7 Å². The first kappa shape index (κ1) is 16.8. The summed E-state index contributed by atoms with van der Waals surface area (Å²) in [5.41, 5.74) is 1.22. The van der Waals surface area contributed by atoms with Gasteiger partial charge in [-0.05, 0) is 26.0 Å². The van der Waals surface area contributed by atoms with Gasteiger partial charge in [0.15, 0.2) is 5.96 Å². The van der Waals surface area contributed by atoms with E-state index in [0.29, 0.717) is 6.04 Å². The number of hydrogen-bond donors (Lipinski definition) is 2. The van der Waals surface area contributed by atoms with Crippen LogP contribution in [0.3, 0.4) is 0 Å². The Labute approximate surface area is 144 Å². The van der Waals surface area contributed by atoms with Gasteiger partial charge in [0, 0.05) is 57.6 Å². The predicted molar refractivity (Wildman–Crippen MR) is 99.4 cm³/mol. The standard InChI is InChI=1S/C18H28N6/c1-19-18(22-16-7-3-4-8-16)21-14-15-6-5-9-20-17(15)24-12-10-23(2)11-13-24/h3-6,9,16H,7-8,10-14H2,1-2H3,(H2,19,21,22). The van der Waals surface area contributed by atoms with E-state index in [4.69, 9.17) is 0 Å². The van der Waals surface area contributed by atoms with Crippen molar-refractivity contribution in [3.05, 3.63) is 36.0 Å². The Morgan fingerprint density at radius 2 is 2.00 bits per heavy atom. The highest BCUT2D eigenvalue weighted by Crippen LogP contribution is 2.18. The molecule has 1 fully saturated rings. The van der Waals surface area contributed by atoms with Gasteiger partial charge in [0.25, 0.3) is 0 Å². The highest BCUT2D eigenvalue weighted by molar-refractivity contribution is 5.80. The van der Waals surface area contributed by atoms with Crippen molar-refractivity contribution < 1.29 is 0 Å². The van der Waals surface area contributed by atoms with Gasteiger partial charge < -0.3 is 20.4 Å². The van der Waals surface area contributed by atoms with Crippen LogP contribution in [0.15, 0.2) is 35.5 Å². The zero-order chi connectivity index (χ0) is 16.8. The second kappa shape index (κ2) is 8.15. The maximum Gasteiger partial charge on any atom is 0.191 e. The summed E-state index contributed by atoms with van der Waals surface area (Å²) in [4.78, 5) is 13.7. The highest BCUT2D eigenvalue weighted by Gasteiger charge is 2.18. The first-order valence-corrected chi connectivity index (χ1v) is 8.76. The average Bonchev–Trinajstić information content (AvgIpc) is 3.13. The van der Waals surface area contributed by atoms with Crippen molar-refractivity contribution in [2.75, 3.05) is 45.2 Å². The molecule has 2 heterocycles. The number of anilines is 1. The molecular formula is C18H28N6. The summed E-state index contributed by atoms with van der Waals surface area (Å²) in [5, 5.41) is 6.91. The molecule has 24 heavy (non-hydrogen) atoms. The van der Waals surface area contributed by atoms with Crippen LogP contribution in [0.4, 0.5) is 5.82 Å². The summed E-state index contributed by atoms with van der Waals surface area (Å²) in [5.74, 6) is 1.95. The fraction of sp³-hybridized carbons (Fsp3) is 0.556. The third-order valence-corrected chi connectivity index (χ3v) is 4.69. The van der Waals surface area contributed by atoms with Crippen LogP contribution >= 0.6 is 0 Å². The highest BCUT2D eigenvalue weighted by atomic mass is 15.3. The number of pyridine rings is 1. The molecule has 0 amide bonds. The van der Waals surface area contributed by atoms with E-state index in [1.165, 1.54) is 5.56 Å². The molecule has 0 unspecified atom stereocenters. The van der Waals surface area contributed by atoms with Gasteiger partial charge in [-0.3, -0.25) is 4.99 Å². The molecule has 0 saturated carbocycles. The molecule has 2 N–H and O–H groups in total. The number of aliphatic imine (C=N–C) groups is 1. The van der Waals surface area contributed by atoms with Crippen molar-refractivity contribution in [3.8, 4) is 0 Å². The van der Waals surface area contributed by atoms with Gasteiger partial charge in [-0.25, -0.2) is 4.98 Å². The zero-order valence-corrected chi connectivity index (χ0v) is 14.7. The van der Waals surface area contributed by atoms with Crippen molar-refractivity contribution in [1.29, 1.82) is 0 Å². The lowest BCUT2D eigenvalue weighted by atomic mass is 10.2. The third kappa shape index (κ3) is 4.26. The van der Waals surface area contributed by atoms with Crippen molar-refractivity contribution in [1.82, 2.24) is 20.5 Å². The molecule has 1 aliphatic carbocycles. The molecule has 6 nitrogen and oxygen atoms in total. The van der Waals surface area contributed by atoms with E-state index in [1.54, 1.807) is 0 Å². The third-order valence-electron chi connectivity index (χ3n) is 4.69. The number of rotatable bonds is 4. The van der Waals surface area contributed by atoms with Crippen LogP contribution in [-0.2, 0) is 6.54 Å². The minimum atomic E-state index is 0.460. The molecule has 1 saturated heterocycles. The van der Waals surface area contributed by atoms with Crippen LogP contribution in [-0.4, -0.2) is 62.2 Å². The van der Waals surface area contributed by atoms with Crippen molar-refractivity contribution >= 4 is 11.8 Å². The van der Waals surface area contributed by atoms with E-state index in [-0.39, 0.29) is 0 Å². The Kier molecular flexibility index (Phi) is 5.69. The number of nitrogens with one attached hydrogen (secondary N) is 2. The van der Waals surface area contributed by atoms with Gasteiger partial charge in [-0.2, -0.15) is 0 Å². The van der Waals surface area contributed by atoms with Gasteiger partial charge in [-0.15, -0.1) is 0 Å². The number of likely N-dealkylation sites (N-methyl/N-ethyl adjacent to an activating group) is 1. The van der Waals surface area contributed by atoms with E-state index >= 15 is 0 Å². The van der Waals surface area contributed by atoms with Gasteiger partial charge in [-0.1, -0.05) is 18.2 Å². The summed E-state index contributed by atoms with van der Waals surface area (Å²) in [6.07, 6.45) is 8.46. The minimum Gasteiger partial charge on any atom is -0.354 e. The predicted octanol–water partition coefficient (Wildman–Crippen LogP) is 1.22. The van der Waals surface area contributed by atoms with E-state index in [1.807, 2.05) is 19.3 Å². The van der Waals surface area contributed by atoms with Crippen molar-refractivity contribution in [2.24, 2.45) is 4.99 Å². The molecule has 1 aromatic heterocycles. The molecular weight excluding hydrogens is 300 g/mol.